The van der Waals surface area contributed by atoms with Crippen molar-refractivity contribution in [3.05, 3.63) is 12.7 Å². The maximum Gasteiger partial charge on any atom is 2.00 e. The van der Waals surface area contributed by atoms with Crippen molar-refractivity contribution in [3.63, 3.8) is 0 Å². The van der Waals surface area contributed by atoms with Crippen LogP contribution in [0.5, 0.6) is 0 Å². The van der Waals surface area contributed by atoms with E-state index in [2.05, 4.69) is 18.2 Å². The van der Waals surface area contributed by atoms with Crippen molar-refractivity contribution >= 4 is 35.0 Å². The summed E-state index contributed by atoms with van der Waals surface area (Å²) in [5.74, 6) is -1.12. The van der Waals surface area contributed by atoms with E-state index in [4.69, 9.17) is 0 Å². The molecule has 0 rings (SSSR count). The quantitative estimate of drug-likeness (QED) is 0.219. The Hall–Kier alpha value is -0.354. The molecule has 0 saturated carbocycles. The molecule has 0 aromatic carbocycles. The van der Waals surface area contributed by atoms with Crippen LogP contribution in [0.3, 0.4) is 0 Å². The van der Waals surface area contributed by atoms with Crippen molar-refractivity contribution in [1.29, 1.82) is 0 Å². The van der Waals surface area contributed by atoms with Gasteiger partial charge in [-0.25, -0.2) is 4.79 Å². The Morgan fingerprint density at radius 3 is 2.40 bits per heavy atom. The molecule has 0 fully saturated rings. The van der Waals surface area contributed by atoms with Gasteiger partial charge in [0.1, 0.15) is 0 Å². The minimum absolute atomic E-state index is 0. The fraction of sp³-hybridized carbons (Fsp3) is 0.636. The summed E-state index contributed by atoms with van der Waals surface area (Å²) in [5, 5.41) is 0. The maximum absolute atomic E-state index is 11.0. The van der Waals surface area contributed by atoms with Gasteiger partial charge in [0, 0.05) is 12.5 Å². The van der Waals surface area contributed by atoms with E-state index in [1.54, 1.807) is 0 Å². The summed E-state index contributed by atoms with van der Waals surface area (Å²) in [6.45, 7) is 5.34. The van der Waals surface area contributed by atoms with Crippen LogP contribution in [-0.4, -0.2) is 35.0 Å². The molecule has 0 saturated heterocycles. The van der Waals surface area contributed by atoms with Gasteiger partial charge in [-0.2, -0.15) is 0 Å². The number of hydrogen-bond acceptors (Lipinski definition) is 3. The molecule has 0 radical (unpaired) electrons. The largest absolute Gasteiger partial charge is 2.00 e. The zero-order valence-electron chi connectivity index (χ0n) is 11.5. The number of carbonyl (C=O) groups is 2. The molecule has 0 aromatic rings. The van der Waals surface area contributed by atoms with E-state index in [9.17, 15) is 9.59 Å². The standard InChI is InChI=1S/C11H18O3.Mg.2H/c1-3-5-6-7-8-9-11(13)14-10(12)4-2;;;/h4H,2-3,5-9H2,1H3;;;/q;+2;2*-1. The Morgan fingerprint density at radius 2 is 1.87 bits per heavy atom. The molecule has 0 amide bonds. The van der Waals surface area contributed by atoms with Crippen LogP contribution in [0.1, 0.15) is 48.3 Å². The Bertz CT molecular complexity index is 211. The number of carbonyl (C=O) groups excluding carboxylic acids is 2. The van der Waals surface area contributed by atoms with Crippen molar-refractivity contribution in [1.82, 2.24) is 0 Å². The van der Waals surface area contributed by atoms with Crippen molar-refractivity contribution in [2.45, 2.75) is 45.4 Å². The van der Waals surface area contributed by atoms with E-state index in [1.165, 1.54) is 12.8 Å². The van der Waals surface area contributed by atoms with Crippen LogP contribution >= 0.6 is 0 Å². The van der Waals surface area contributed by atoms with Gasteiger partial charge in [-0.05, 0) is 6.42 Å². The van der Waals surface area contributed by atoms with Crippen LogP contribution in [-0.2, 0) is 14.3 Å². The van der Waals surface area contributed by atoms with Gasteiger partial charge in [0.15, 0.2) is 0 Å². The van der Waals surface area contributed by atoms with Crippen molar-refractivity contribution in [2.24, 2.45) is 0 Å². The van der Waals surface area contributed by atoms with Crippen LogP contribution in [0, 0.1) is 0 Å². The predicted molar refractivity (Wildman–Crippen MR) is 62.7 cm³/mol. The van der Waals surface area contributed by atoms with Crippen LogP contribution < -0.4 is 0 Å². The second-order valence-electron chi connectivity index (χ2n) is 3.16. The van der Waals surface area contributed by atoms with E-state index in [0.717, 1.165) is 25.3 Å². The van der Waals surface area contributed by atoms with Crippen LogP contribution in [0.4, 0.5) is 0 Å². The van der Waals surface area contributed by atoms with Gasteiger partial charge in [-0.15, -0.1) is 0 Å². The number of unbranched alkanes of at least 4 members (excludes halogenated alkanes) is 4. The molecule has 15 heavy (non-hydrogen) atoms. The van der Waals surface area contributed by atoms with Gasteiger partial charge in [0.25, 0.3) is 0 Å². The third kappa shape index (κ3) is 11.6. The molecule has 0 heterocycles. The van der Waals surface area contributed by atoms with Crippen molar-refractivity contribution < 1.29 is 17.2 Å². The summed E-state index contributed by atoms with van der Waals surface area (Å²) in [7, 11) is 0. The zero-order valence-corrected chi connectivity index (χ0v) is 10.9. The maximum atomic E-state index is 11.0. The Balaban J connectivity index is -0.000000282. The summed E-state index contributed by atoms with van der Waals surface area (Å²) >= 11 is 0. The summed E-state index contributed by atoms with van der Waals surface area (Å²) in [6, 6.07) is 0. The molecule has 0 unspecified atom stereocenters. The van der Waals surface area contributed by atoms with Gasteiger partial charge in [-0.1, -0.05) is 39.2 Å². The van der Waals surface area contributed by atoms with E-state index >= 15 is 0 Å². The van der Waals surface area contributed by atoms with E-state index in [1.807, 2.05) is 0 Å². The number of rotatable bonds is 7. The number of esters is 2. The molecule has 0 atom stereocenters. The summed E-state index contributed by atoms with van der Waals surface area (Å²) in [5.41, 5.74) is 0. The molecule has 0 bridgehead atoms. The van der Waals surface area contributed by atoms with Gasteiger partial charge in [-0.3, -0.25) is 4.79 Å². The minimum Gasteiger partial charge on any atom is -1.00 e. The Morgan fingerprint density at radius 1 is 1.27 bits per heavy atom. The molecular formula is C11H20MgO3. The molecule has 3 nitrogen and oxygen atoms in total. The second-order valence-corrected chi connectivity index (χ2v) is 3.16. The summed E-state index contributed by atoms with van der Waals surface area (Å²) in [6.07, 6.45) is 6.64. The molecule has 4 heteroatoms. The number of hydrogen-bond donors (Lipinski definition) is 0. The minimum atomic E-state index is -0.663. The third-order valence-electron chi connectivity index (χ3n) is 1.87. The summed E-state index contributed by atoms with van der Waals surface area (Å²) in [4.78, 5) is 21.6. The fourth-order valence-corrected chi connectivity index (χ4v) is 1.08. The second kappa shape index (κ2) is 11.7. The zero-order chi connectivity index (χ0) is 10.8. The van der Waals surface area contributed by atoms with Crippen molar-refractivity contribution in [2.75, 3.05) is 0 Å². The van der Waals surface area contributed by atoms with Gasteiger partial charge >= 0.3 is 35.0 Å². The predicted octanol–water partition coefficient (Wildman–Crippen LogP) is 2.45. The first-order chi connectivity index (χ1) is 6.70. The topological polar surface area (TPSA) is 43.4 Å². The first-order valence-electron chi connectivity index (χ1n) is 5.07. The monoisotopic (exact) mass is 224 g/mol. The van der Waals surface area contributed by atoms with E-state index in [0.29, 0.717) is 6.42 Å². The fourth-order valence-electron chi connectivity index (χ4n) is 1.08. The first kappa shape index (κ1) is 17.1. The molecule has 0 aliphatic heterocycles. The SMILES string of the molecule is C=CC(=O)OC(=O)CCCCCCC.[H-].[H-].[Mg+2]. The Kier molecular flexibility index (Phi) is 13.3. The van der Waals surface area contributed by atoms with E-state index in [-0.39, 0.29) is 25.9 Å². The summed E-state index contributed by atoms with van der Waals surface area (Å²) < 4.78 is 4.41. The van der Waals surface area contributed by atoms with Crippen LogP contribution in [0.15, 0.2) is 12.7 Å². The smallest absolute Gasteiger partial charge is 1.00 e. The molecule has 0 aromatic heterocycles. The molecule has 0 N–H and O–H groups in total. The Labute approximate surface area is 110 Å². The van der Waals surface area contributed by atoms with Gasteiger partial charge in [0.2, 0.25) is 0 Å². The molecule has 0 aliphatic rings. The molecule has 0 spiro atoms. The molecule has 0 aliphatic carbocycles. The van der Waals surface area contributed by atoms with Gasteiger partial charge in [0.05, 0.1) is 0 Å². The molecule has 84 valence electrons. The van der Waals surface area contributed by atoms with E-state index < -0.39 is 11.9 Å². The number of ether oxygens (including phenoxy) is 1. The average molecular weight is 225 g/mol. The first-order valence-corrected chi connectivity index (χ1v) is 5.07. The van der Waals surface area contributed by atoms with Crippen LogP contribution in [0.25, 0.3) is 0 Å². The normalized spacial score (nSPS) is 8.87. The average Bonchev–Trinajstić information content (AvgIpc) is 2.17. The van der Waals surface area contributed by atoms with Gasteiger partial charge < -0.3 is 7.59 Å². The molecular weight excluding hydrogens is 204 g/mol. The van der Waals surface area contributed by atoms with Crippen LogP contribution in [0.2, 0.25) is 0 Å². The van der Waals surface area contributed by atoms with Crippen molar-refractivity contribution in [3.8, 4) is 0 Å². The third-order valence-corrected chi connectivity index (χ3v) is 1.87.